The van der Waals surface area contributed by atoms with E-state index >= 15 is 0 Å². The van der Waals surface area contributed by atoms with Gasteiger partial charge in [-0.1, -0.05) is 91.8 Å². The molecule has 0 bridgehead atoms. The Morgan fingerprint density at radius 2 is 0.969 bits per heavy atom. The predicted molar refractivity (Wildman–Crippen MR) is 135 cm³/mol. The SMILES string of the molecule is CC(C)c1cccc(C(C)C)c1N(C(=O)CCC(N)=O)c1c(C(C)C)cccc1C(C)C. The molecular formula is C28H40N2O2. The maximum atomic E-state index is 13.9. The molecule has 4 heteroatoms. The van der Waals surface area contributed by atoms with Crippen LogP contribution in [0.3, 0.4) is 0 Å². The first-order valence-electron chi connectivity index (χ1n) is 11.8. The van der Waals surface area contributed by atoms with Gasteiger partial charge in [0.25, 0.3) is 0 Å². The minimum atomic E-state index is -0.458. The zero-order valence-corrected chi connectivity index (χ0v) is 21.0. The van der Waals surface area contributed by atoms with E-state index in [9.17, 15) is 9.59 Å². The Bertz CT molecular complexity index is 842. The number of rotatable bonds is 9. The lowest BCUT2D eigenvalue weighted by atomic mass is 9.88. The summed E-state index contributed by atoms with van der Waals surface area (Å²) in [5.74, 6) is 0.412. The number of amides is 2. The smallest absolute Gasteiger partial charge is 0.232 e. The van der Waals surface area contributed by atoms with Gasteiger partial charge < -0.3 is 5.73 Å². The predicted octanol–water partition coefficient (Wildman–Crippen LogP) is 7.11. The fraction of sp³-hybridized carbons (Fsp3) is 0.500. The van der Waals surface area contributed by atoms with Crippen molar-refractivity contribution in [1.29, 1.82) is 0 Å². The fourth-order valence-corrected chi connectivity index (χ4v) is 4.24. The van der Waals surface area contributed by atoms with Crippen molar-refractivity contribution in [3.63, 3.8) is 0 Å². The number of para-hydroxylation sites is 2. The number of nitrogens with zero attached hydrogens (tertiary/aromatic N) is 1. The van der Waals surface area contributed by atoms with Crippen molar-refractivity contribution in [2.45, 2.75) is 91.9 Å². The number of primary amides is 1. The van der Waals surface area contributed by atoms with E-state index in [2.05, 4.69) is 91.8 Å². The zero-order chi connectivity index (χ0) is 24.2. The number of hydrogen-bond donors (Lipinski definition) is 1. The highest BCUT2D eigenvalue weighted by Crippen LogP contribution is 2.44. The van der Waals surface area contributed by atoms with Gasteiger partial charge in [0, 0.05) is 12.8 Å². The molecule has 0 heterocycles. The molecule has 4 nitrogen and oxygen atoms in total. The van der Waals surface area contributed by atoms with Crippen molar-refractivity contribution >= 4 is 23.2 Å². The second kappa shape index (κ2) is 10.8. The lowest BCUT2D eigenvalue weighted by Gasteiger charge is -2.34. The van der Waals surface area contributed by atoms with Crippen molar-refractivity contribution in [3.8, 4) is 0 Å². The number of nitrogens with two attached hydrogens (primary N) is 1. The Balaban J connectivity index is 2.96. The molecule has 32 heavy (non-hydrogen) atoms. The van der Waals surface area contributed by atoms with Crippen LogP contribution in [-0.2, 0) is 9.59 Å². The quantitative estimate of drug-likeness (QED) is 0.455. The van der Waals surface area contributed by atoms with Crippen LogP contribution < -0.4 is 10.6 Å². The largest absolute Gasteiger partial charge is 0.370 e. The molecule has 0 aliphatic heterocycles. The van der Waals surface area contributed by atoms with E-state index in [-0.39, 0.29) is 42.4 Å². The summed E-state index contributed by atoms with van der Waals surface area (Å²) in [4.78, 5) is 27.3. The molecule has 0 saturated carbocycles. The van der Waals surface area contributed by atoms with E-state index in [4.69, 9.17) is 5.73 Å². The van der Waals surface area contributed by atoms with Gasteiger partial charge in [0.1, 0.15) is 0 Å². The van der Waals surface area contributed by atoms with Gasteiger partial charge in [0.15, 0.2) is 0 Å². The van der Waals surface area contributed by atoms with Gasteiger partial charge >= 0.3 is 0 Å². The first kappa shape index (κ1) is 25.6. The van der Waals surface area contributed by atoms with E-state index in [1.165, 1.54) is 0 Å². The number of benzene rings is 2. The number of carbonyl (C=O) groups is 2. The summed E-state index contributed by atoms with van der Waals surface area (Å²) in [6, 6.07) is 12.6. The molecule has 0 aliphatic rings. The minimum absolute atomic E-state index is 0.0387. The standard InChI is InChI=1S/C28H40N2O2/c1-17(2)21-11-9-12-22(18(3)4)27(21)30(26(32)16-15-25(29)31)28-23(19(5)6)13-10-14-24(28)20(7)8/h9-14,17-20H,15-16H2,1-8H3,(H2,29,31). The molecule has 2 N–H and O–H groups in total. The number of anilines is 2. The fourth-order valence-electron chi connectivity index (χ4n) is 4.24. The first-order valence-corrected chi connectivity index (χ1v) is 11.8. The summed E-state index contributed by atoms with van der Waals surface area (Å²) in [6.07, 6.45) is 0.125. The van der Waals surface area contributed by atoms with Crippen LogP contribution in [0.1, 0.15) is 114 Å². The Hall–Kier alpha value is -2.62. The molecule has 2 aromatic rings. The normalized spacial score (nSPS) is 11.6. The maximum absolute atomic E-state index is 13.9. The van der Waals surface area contributed by atoms with Gasteiger partial charge in [-0.3, -0.25) is 14.5 Å². The van der Waals surface area contributed by atoms with Gasteiger partial charge in [-0.15, -0.1) is 0 Å². The van der Waals surface area contributed by atoms with Crippen LogP contribution in [0, 0.1) is 0 Å². The Morgan fingerprint density at radius 1 is 0.656 bits per heavy atom. The molecule has 0 fully saturated rings. The van der Waals surface area contributed by atoms with Gasteiger partial charge in [0.05, 0.1) is 11.4 Å². The highest BCUT2D eigenvalue weighted by molar-refractivity contribution is 6.04. The second-order valence-corrected chi connectivity index (χ2v) is 9.88. The Morgan fingerprint density at radius 3 is 1.22 bits per heavy atom. The molecular weight excluding hydrogens is 396 g/mol. The molecule has 0 aliphatic carbocycles. The van der Waals surface area contributed by atoms with E-state index < -0.39 is 5.91 Å². The van der Waals surface area contributed by atoms with Crippen LogP contribution in [0.4, 0.5) is 11.4 Å². The Kier molecular flexibility index (Phi) is 8.65. The van der Waals surface area contributed by atoms with Crippen LogP contribution >= 0.6 is 0 Å². The molecule has 0 atom stereocenters. The molecule has 2 aromatic carbocycles. The third-order valence-electron chi connectivity index (χ3n) is 5.97. The van der Waals surface area contributed by atoms with E-state index in [0.29, 0.717) is 0 Å². The maximum Gasteiger partial charge on any atom is 0.232 e. The van der Waals surface area contributed by atoms with Gasteiger partial charge in [-0.05, 0) is 45.9 Å². The molecule has 0 saturated heterocycles. The highest BCUT2D eigenvalue weighted by Gasteiger charge is 2.30. The topological polar surface area (TPSA) is 63.4 Å². The average molecular weight is 437 g/mol. The summed E-state index contributed by atoms with van der Waals surface area (Å²) in [5, 5.41) is 0. The summed E-state index contributed by atoms with van der Waals surface area (Å²) in [5.41, 5.74) is 11.9. The zero-order valence-electron chi connectivity index (χ0n) is 21.0. The van der Waals surface area contributed by atoms with Gasteiger partial charge in [-0.25, -0.2) is 0 Å². The lowest BCUT2D eigenvalue weighted by Crippen LogP contribution is -2.31. The van der Waals surface area contributed by atoms with Crippen LogP contribution in [0.2, 0.25) is 0 Å². The van der Waals surface area contributed by atoms with E-state index in [1.54, 1.807) is 0 Å². The molecule has 2 rings (SSSR count). The molecule has 0 aromatic heterocycles. The average Bonchev–Trinajstić information content (AvgIpc) is 2.71. The molecule has 0 radical (unpaired) electrons. The number of carbonyl (C=O) groups excluding carboxylic acids is 2. The van der Waals surface area contributed by atoms with Crippen LogP contribution in [-0.4, -0.2) is 11.8 Å². The monoisotopic (exact) mass is 436 g/mol. The third kappa shape index (κ3) is 5.59. The van der Waals surface area contributed by atoms with Crippen LogP contribution in [0.15, 0.2) is 36.4 Å². The first-order chi connectivity index (χ1) is 15.0. The van der Waals surface area contributed by atoms with Crippen molar-refractivity contribution < 1.29 is 9.59 Å². The highest BCUT2D eigenvalue weighted by atomic mass is 16.2. The van der Waals surface area contributed by atoms with E-state index in [0.717, 1.165) is 33.6 Å². The molecule has 0 unspecified atom stereocenters. The Labute approximate surface area is 194 Å². The third-order valence-corrected chi connectivity index (χ3v) is 5.97. The molecule has 2 amide bonds. The summed E-state index contributed by atoms with van der Waals surface area (Å²) in [6.45, 7) is 17.3. The van der Waals surface area contributed by atoms with Crippen molar-refractivity contribution in [3.05, 3.63) is 58.7 Å². The lowest BCUT2D eigenvalue weighted by molar-refractivity contribution is -0.123. The minimum Gasteiger partial charge on any atom is -0.370 e. The molecule has 174 valence electrons. The summed E-state index contributed by atoms with van der Waals surface area (Å²) in [7, 11) is 0. The van der Waals surface area contributed by atoms with Gasteiger partial charge in [-0.2, -0.15) is 0 Å². The van der Waals surface area contributed by atoms with Crippen LogP contribution in [0.25, 0.3) is 0 Å². The van der Waals surface area contributed by atoms with Crippen molar-refractivity contribution in [2.75, 3.05) is 4.90 Å². The van der Waals surface area contributed by atoms with E-state index in [1.807, 2.05) is 4.90 Å². The van der Waals surface area contributed by atoms with Crippen LogP contribution in [0.5, 0.6) is 0 Å². The van der Waals surface area contributed by atoms with Crippen molar-refractivity contribution in [1.82, 2.24) is 0 Å². The number of hydrogen-bond acceptors (Lipinski definition) is 2. The summed E-state index contributed by atoms with van der Waals surface area (Å²) >= 11 is 0. The van der Waals surface area contributed by atoms with Gasteiger partial charge in [0.2, 0.25) is 11.8 Å². The second-order valence-electron chi connectivity index (χ2n) is 9.88. The molecule has 0 spiro atoms. The van der Waals surface area contributed by atoms with Crippen molar-refractivity contribution in [2.24, 2.45) is 5.73 Å². The summed E-state index contributed by atoms with van der Waals surface area (Å²) < 4.78 is 0.